The van der Waals surface area contributed by atoms with E-state index in [1.807, 2.05) is 25.1 Å². The van der Waals surface area contributed by atoms with Crippen LogP contribution in [0, 0.1) is 12.3 Å². The quantitative estimate of drug-likeness (QED) is 0.865. The van der Waals surface area contributed by atoms with Crippen molar-refractivity contribution >= 4 is 30.7 Å². The number of amides is 1. The van der Waals surface area contributed by atoms with Gasteiger partial charge >= 0.3 is 0 Å². The van der Waals surface area contributed by atoms with Crippen molar-refractivity contribution in [3.05, 3.63) is 35.4 Å². The maximum absolute atomic E-state index is 13.2. The van der Waals surface area contributed by atoms with Gasteiger partial charge in [-0.15, -0.1) is 24.8 Å². The number of nitrogens with zero attached hydrogens (tertiary/aromatic N) is 2. The van der Waals surface area contributed by atoms with Gasteiger partial charge in [-0.2, -0.15) is 0 Å². The van der Waals surface area contributed by atoms with Gasteiger partial charge in [0.2, 0.25) is 5.91 Å². The molecule has 1 amide bonds. The first-order chi connectivity index (χ1) is 11.0. The van der Waals surface area contributed by atoms with Gasteiger partial charge < -0.3 is 10.2 Å². The highest BCUT2D eigenvalue weighted by Gasteiger charge is 2.42. The van der Waals surface area contributed by atoms with E-state index in [0.29, 0.717) is 5.41 Å². The molecule has 142 valence electrons. The molecule has 1 aromatic carbocycles. The zero-order valence-electron chi connectivity index (χ0n) is 15.5. The fraction of sp³-hybridized carbons (Fsp3) is 0.632. The summed E-state index contributed by atoms with van der Waals surface area (Å²) in [5.74, 6) is 0.260. The lowest BCUT2D eigenvalue weighted by molar-refractivity contribution is -0.135. The van der Waals surface area contributed by atoms with Crippen LogP contribution < -0.4 is 5.32 Å². The van der Waals surface area contributed by atoms with E-state index in [-0.39, 0.29) is 36.8 Å². The molecular weight excluding hydrogens is 357 g/mol. The van der Waals surface area contributed by atoms with Crippen molar-refractivity contribution in [2.45, 2.75) is 32.2 Å². The van der Waals surface area contributed by atoms with E-state index >= 15 is 0 Å². The van der Waals surface area contributed by atoms with Crippen LogP contribution in [0.2, 0.25) is 0 Å². The van der Waals surface area contributed by atoms with Gasteiger partial charge in [0.15, 0.2) is 0 Å². The lowest BCUT2D eigenvalue weighted by Crippen LogP contribution is -2.43. The molecule has 2 fully saturated rings. The Morgan fingerprint density at radius 2 is 1.88 bits per heavy atom. The first-order valence-corrected chi connectivity index (χ1v) is 8.73. The van der Waals surface area contributed by atoms with Crippen molar-refractivity contribution in [1.29, 1.82) is 0 Å². The molecule has 0 radical (unpaired) electrons. The molecule has 1 unspecified atom stereocenters. The van der Waals surface area contributed by atoms with Gasteiger partial charge in [-0.3, -0.25) is 9.69 Å². The number of carbonyl (C=O) groups excluding carboxylic acids is 1. The van der Waals surface area contributed by atoms with Crippen molar-refractivity contribution in [3.63, 3.8) is 0 Å². The predicted octanol–water partition coefficient (Wildman–Crippen LogP) is 3.04. The first kappa shape index (κ1) is 22.2. The zero-order chi connectivity index (χ0) is 16.4. The summed E-state index contributed by atoms with van der Waals surface area (Å²) in [7, 11) is 4.00. The maximum Gasteiger partial charge on any atom is 0.244 e. The number of rotatable bonds is 3. The van der Waals surface area contributed by atoms with Crippen LogP contribution in [0.1, 0.15) is 36.4 Å². The number of carbonyl (C=O) groups is 1. The van der Waals surface area contributed by atoms with E-state index in [1.165, 1.54) is 18.4 Å². The zero-order valence-corrected chi connectivity index (χ0v) is 17.1. The molecule has 2 aliphatic rings. The smallest absolute Gasteiger partial charge is 0.244 e. The van der Waals surface area contributed by atoms with Gasteiger partial charge in [0, 0.05) is 13.1 Å². The van der Waals surface area contributed by atoms with E-state index in [1.54, 1.807) is 0 Å². The van der Waals surface area contributed by atoms with E-state index in [9.17, 15) is 4.79 Å². The van der Waals surface area contributed by atoms with Gasteiger partial charge in [-0.25, -0.2) is 0 Å². The third-order valence-corrected chi connectivity index (χ3v) is 5.52. The molecule has 1 atom stereocenters. The normalized spacial score (nSPS) is 20.1. The number of aryl methyl sites for hydroxylation is 1. The Morgan fingerprint density at radius 3 is 2.48 bits per heavy atom. The van der Waals surface area contributed by atoms with E-state index < -0.39 is 0 Å². The first-order valence-electron chi connectivity index (χ1n) is 8.73. The summed E-state index contributed by atoms with van der Waals surface area (Å²) in [6, 6.07) is 8.17. The minimum atomic E-state index is -0.174. The van der Waals surface area contributed by atoms with Gasteiger partial charge in [0.1, 0.15) is 6.04 Å². The van der Waals surface area contributed by atoms with Crippen LogP contribution >= 0.6 is 24.8 Å². The number of hydrogen-bond donors (Lipinski definition) is 1. The molecule has 25 heavy (non-hydrogen) atoms. The molecule has 0 aliphatic carbocycles. The molecule has 1 aromatic rings. The molecule has 0 aromatic heterocycles. The van der Waals surface area contributed by atoms with Crippen molar-refractivity contribution in [2.75, 3.05) is 40.3 Å². The number of hydrogen-bond acceptors (Lipinski definition) is 3. The van der Waals surface area contributed by atoms with Gasteiger partial charge in [0.25, 0.3) is 0 Å². The van der Waals surface area contributed by atoms with Gasteiger partial charge in [0.05, 0.1) is 0 Å². The van der Waals surface area contributed by atoms with Crippen molar-refractivity contribution in [3.8, 4) is 0 Å². The largest absolute Gasteiger partial charge is 0.340 e. The highest BCUT2D eigenvalue weighted by molar-refractivity contribution is 5.85. The standard InChI is InChI=1S/C19H29N3O.2ClH/c1-15-5-4-6-16(13-15)17(21(2)3)18(23)22-12-9-19(14-22)7-10-20-11-8-19;;/h4-6,13,17,20H,7-12,14H2,1-3H3;2*1H. The summed E-state index contributed by atoms with van der Waals surface area (Å²) in [4.78, 5) is 17.3. The lowest BCUT2D eigenvalue weighted by atomic mass is 9.78. The van der Waals surface area contributed by atoms with Crippen LogP contribution in [0.15, 0.2) is 24.3 Å². The van der Waals surface area contributed by atoms with Crippen LogP contribution in [0.4, 0.5) is 0 Å². The third kappa shape index (κ3) is 4.88. The van der Waals surface area contributed by atoms with Crippen molar-refractivity contribution in [2.24, 2.45) is 5.41 Å². The van der Waals surface area contributed by atoms with Crippen LogP contribution in [0.5, 0.6) is 0 Å². The van der Waals surface area contributed by atoms with Crippen LogP contribution in [-0.4, -0.2) is 56.0 Å². The van der Waals surface area contributed by atoms with Crippen LogP contribution in [0.3, 0.4) is 0 Å². The second-order valence-electron chi connectivity index (χ2n) is 7.54. The molecule has 0 saturated carbocycles. The Labute approximate surface area is 164 Å². The van der Waals surface area contributed by atoms with Gasteiger partial charge in [-0.1, -0.05) is 29.8 Å². The monoisotopic (exact) mass is 387 g/mol. The molecular formula is C19H31Cl2N3O. The summed E-state index contributed by atoms with van der Waals surface area (Å²) in [6.45, 7) is 6.12. The maximum atomic E-state index is 13.2. The number of nitrogens with one attached hydrogen (secondary N) is 1. The van der Waals surface area contributed by atoms with Crippen LogP contribution in [0.25, 0.3) is 0 Å². The molecule has 1 N–H and O–H groups in total. The highest BCUT2D eigenvalue weighted by atomic mass is 35.5. The van der Waals surface area contributed by atoms with E-state index in [0.717, 1.165) is 38.2 Å². The summed E-state index contributed by atoms with van der Waals surface area (Å²) in [5, 5.41) is 3.44. The molecule has 2 heterocycles. The predicted molar refractivity (Wildman–Crippen MR) is 108 cm³/mol. The molecule has 2 saturated heterocycles. The van der Waals surface area contributed by atoms with E-state index in [2.05, 4.69) is 35.3 Å². The highest BCUT2D eigenvalue weighted by Crippen LogP contribution is 2.39. The van der Waals surface area contributed by atoms with Gasteiger partial charge in [-0.05, 0) is 64.3 Å². The Kier molecular flexibility index (Phi) is 8.20. The summed E-state index contributed by atoms with van der Waals surface area (Å²) in [5.41, 5.74) is 2.68. The number of likely N-dealkylation sites (N-methyl/N-ethyl adjacent to an activating group) is 1. The minimum absolute atomic E-state index is 0. The second kappa shape index (κ2) is 9.22. The minimum Gasteiger partial charge on any atom is -0.340 e. The van der Waals surface area contributed by atoms with E-state index in [4.69, 9.17) is 0 Å². The Bertz CT molecular complexity index is 574. The Hall–Kier alpha value is -0.810. The second-order valence-corrected chi connectivity index (χ2v) is 7.54. The number of piperidine rings is 1. The summed E-state index contributed by atoms with van der Waals surface area (Å²) in [6.07, 6.45) is 3.57. The Morgan fingerprint density at radius 1 is 1.20 bits per heavy atom. The third-order valence-electron chi connectivity index (χ3n) is 5.52. The SMILES string of the molecule is Cc1cccc(C(C(=O)N2CCC3(CCNCC3)C2)N(C)C)c1.Cl.Cl. The van der Waals surface area contributed by atoms with Crippen molar-refractivity contribution in [1.82, 2.24) is 15.1 Å². The molecule has 1 spiro atoms. The fourth-order valence-corrected chi connectivity index (χ4v) is 4.16. The molecule has 0 bridgehead atoms. The molecule has 2 aliphatic heterocycles. The molecule has 4 nitrogen and oxygen atoms in total. The summed E-state index contributed by atoms with van der Waals surface area (Å²) < 4.78 is 0. The number of halogens is 2. The Balaban J connectivity index is 0.00000156. The molecule has 6 heteroatoms. The topological polar surface area (TPSA) is 35.6 Å². The summed E-state index contributed by atoms with van der Waals surface area (Å²) >= 11 is 0. The molecule has 3 rings (SSSR count). The van der Waals surface area contributed by atoms with Crippen molar-refractivity contribution < 1.29 is 4.79 Å². The average Bonchev–Trinajstić information content (AvgIpc) is 2.91. The number of benzene rings is 1. The van der Waals surface area contributed by atoms with Crippen LogP contribution in [-0.2, 0) is 4.79 Å². The lowest BCUT2D eigenvalue weighted by Gasteiger charge is -2.35. The average molecular weight is 388 g/mol. The fourth-order valence-electron chi connectivity index (χ4n) is 4.16. The number of likely N-dealkylation sites (tertiary alicyclic amines) is 1.